The van der Waals surface area contributed by atoms with Gasteiger partial charge in [0.15, 0.2) is 11.5 Å². The number of methoxy groups -OCH3 is 2. The molecule has 33 heavy (non-hydrogen) atoms. The van der Waals surface area contributed by atoms with Gasteiger partial charge in [0.05, 0.1) is 24.7 Å². The van der Waals surface area contributed by atoms with Crippen LogP contribution in [-0.2, 0) is 10.0 Å². The SMILES string of the molecule is COc1ccc(-c2nnc3ccc(OCCNS(=O)(=O)c4cccc(F)c4)nn23)c(OC)c1. The third-order valence-electron chi connectivity index (χ3n) is 4.64. The maximum Gasteiger partial charge on any atom is 0.240 e. The van der Waals surface area contributed by atoms with Crippen LogP contribution in [0.2, 0.25) is 0 Å². The number of rotatable bonds is 9. The van der Waals surface area contributed by atoms with Gasteiger partial charge in [-0.05, 0) is 36.4 Å². The monoisotopic (exact) mass is 473 g/mol. The molecule has 0 radical (unpaired) electrons. The number of benzene rings is 2. The topological polar surface area (TPSA) is 117 Å². The fourth-order valence-electron chi connectivity index (χ4n) is 3.05. The summed E-state index contributed by atoms with van der Waals surface area (Å²) >= 11 is 0. The molecule has 0 unspecified atom stereocenters. The fraction of sp³-hybridized carbons (Fsp3) is 0.190. The highest BCUT2D eigenvalue weighted by molar-refractivity contribution is 7.89. The van der Waals surface area contributed by atoms with Gasteiger partial charge in [0.2, 0.25) is 15.9 Å². The molecule has 0 spiro atoms. The maximum absolute atomic E-state index is 13.3. The molecule has 0 atom stereocenters. The third kappa shape index (κ3) is 4.86. The molecule has 2 heterocycles. The van der Waals surface area contributed by atoms with E-state index < -0.39 is 15.8 Å². The van der Waals surface area contributed by atoms with Gasteiger partial charge in [-0.1, -0.05) is 6.07 Å². The Labute approximate surface area is 189 Å². The number of hydrogen-bond donors (Lipinski definition) is 1. The van der Waals surface area contributed by atoms with Crippen molar-refractivity contribution in [1.29, 1.82) is 0 Å². The Bertz CT molecular complexity index is 1390. The Balaban J connectivity index is 1.48. The third-order valence-corrected chi connectivity index (χ3v) is 6.10. The molecule has 10 nitrogen and oxygen atoms in total. The fourth-order valence-corrected chi connectivity index (χ4v) is 4.09. The van der Waals surface area contributed by atoms with Crippen LogP contribution in [0.25, 0.3) is 17.0 Å². The van der Waals surface area contributed by atoms with Gasteiger partial charge in [-0.25, -0.2) is 17.5 Å². The largest absolute Gasteiger partial charge is 0.497 e. The van der Waals surface area contributed by atoms with Crippen molar-refractivity contribution < 1.29 is 27.0 Å². The standard InChI is InChI=1S/C21H20FN5O5S/c1-30-15-6-7-17(18(13-15)31-2)21-25-24-19-8-9-20(26-27(19)21)32-11-10-23-33(28,29)16-5-3-4-14(22)12-16/h3-9,12-13,23H,10-11H2,1-2H3. The van der Waals surface area contributed by atoms with Gasteiger partial charge in [0.25, 0.3) is 0 Å². The first-order valence-electron chi connectivity index (χ1n) is 9.74. The van der Waals surface area contributed by atoms with Crippen molar-refractivity contribution >= 4 is 15.7 Å². The Morgan fingerprint density at radius 3 is 2.64 bits per heavy atom. The smallest absolute Gasteiger partial charge is 0.240 e. The van der Waals surface area contributed by atoms with Gasteiger partial charge >= 0.3 is 0 Å². The lowest BCUT2D eigenvalue weighted by Crippen LogP contribution is -2.28. The second-order valence-electron chi connectivity index (χ2n) is 6.74. The van der Waals surface area contributed by atoms with Crippen molar-refractivity contribution in [3.63, 3.8) is 0 Å². The van der Waals surface area contributed by atoms with Gasteiger partial charge in [0, 0.05) is 18.7 Å². The number of aromatic nitrogens is 4. The average Bonchev–Trinajstić information content (AvgIpc) is 3.24. The number of fused-ring (bicyclic) bond motifs is 1. The van der Waals surface area contributed by atoms with Gasteiger partial charge in [-0.3, -0.25) is 0 Å². The van der Waals surface area contributed by atoms with Crippen molar-refractivity contribution in [3.05, 3.63) is 60.4 Å². The first-order valence-corrected chi connectivity index (χ1v) is 11.2. The van der Waals surface area contributed by atoms with Gasteiger partial charge in [0.1, 0.15) is 23.9 Å². The molecule has 4 aromatic rings. The van der Waals surface area contributed by atoms with E-state index in [-0.39, 0.29) is 23.9 Å². The molecule has 12 heteroatoms. The summed E-state index contributed by atoms with van der Waals surface area (Å²) in [6.07, 6.45) is 0. The quantitative estimate of drug-likeness (QED) is 0.368. The minimum absolute atomic E-state index is 0.00360. The lowest BCUT2D eigenvalue weighted by Gasteiger charge is -2.10. The highest BCUT2D eigenvalue weighted by Gasteiger charge is 2.17. The van der Waals surface area contributed by atoms with E-state index in [0.717, 1.165) is 6.07 Å². The summed E-state index contributed by atoms with van der Waals surface area (Å²) in [5.41, 5.74) is 1.14. The molecule has 4 rings (SSSR count). The van der Waals surface area contributed by atoms with Gasteiger partial charge < -0.3 is 14.2 Å². The number of hydrogen-bond acceptors (Lipinski definition) is 8. The minimum Gasteiger partial charge on any atom is -0.497 e. The highest BCUT2D eigenvalue weighted by Crippen LogP contribution is 2.32. The van der Waals surface area contributed by atoms with Gasteiger partial charge in [-0.15, -0.1) is 15.3 Å². The first-order chi connectivity index (χ1) is 15.9. The Morgan fingerprint density at radius 1 is 1.03 bits per heavy atom. The molecular weight excluding hydrogens is 453 g/mol. The van der Waals surface area contributed by atoms with Crippen LogP contribution in [0.3, 0.4) is 0 Å². The van der Waals surface area contributed by atoms with Crippen LogP contribution < -0.4 is 18.9 Å². The molecule has 2 aromatic carbocycles. The Morgan fingerprint density at radius 2 is 1.88 bits per heavy atom. The van der Waals surface area contributed by atoms with Crippen molar-refractivity contribution in [3.8, 4) is 28.8 Å². The van der Waals surface area contributed by atoms with Crippen LogP contribution in [0.5, 0.6) is 17.4 Å². The van der Waals surface area contributed by atoms with E-state index in [2.05, 4.69) is 20.0 Å². The van der Waals surface area contributed by atoms with E-state index in [0.29, 0.717) is 28.5 Å². The molecule has 0 saturated heterocycles. The highest BCUT2D eigenvalue weighted by atomic mass is 32.2. The molecule has 0 fully saturated rings. The van der Waals surface area contributed by atoms with Crippen LogP contribution in [0.15, 0.2) is 59.5 Å². The summed E-state index contributed by atoms with van der Waals surface area (Å²) in [5.74, 6) is 1.19. The van der Waals surface area contributed by atoms with Crippen LogP contribution in [0.4, 0.5) is 4.39 Å². The van der Waals surface area contributed by atoms with Crippen LogP contribution in [0, 0.1) is 5.82 Å². The molecule has 0 amide bonds. The molecule has 0 bridgehead atoms. The summed E-state index contributed by atoms with van der Waals surface area (Å²) < 4.78 is 57.9. The second kappa shape index (κ2) is 9.38. The Kier molecular flexibility index (Phi) is 6.38. The van der Waals surface area contributed by atoms with Crippen LogP contribution in [-0.4, -0.2) is 55.6 Å². The van der Waals surface area contributed by atoms with E-state index in [4.69, 9.17) is 14.2 Å². The lowest BCUT2D eigenvalue weighted by molar-refractivity contribution is 0.306. The predicted octanol–water partition coefficient (Wildman–Crippen LogP) is 2.30. The molecule has 1 N–H and O–H groups in total. The number of ether oxygens (including phenoxy) is 3. The van der Waals surface area contributed by atoms with Crippen molar-refractivity contribution in [2.24, 2.45) is 0 Å². The number of nitrogens with one attached hydrogen (secondary N) is 1. The zero-order chi connectivity index (χ0) is 23.4. The van der Waals surface area contributed by atoms with E-state index in [1.54, 1.807) is 37.4 Å². The Hall–Kier alpha value is -3.77. The first kappa shape index (κ1) is 22.4. The number of nitrogens with zero attached hydrogens (tertiary/aromatic N) is 4. The second-order valence-corrected chi connectivity index (χ2v) is 8.50. The summed E-state index contributed by atoms with van der Waals surface area (Å²) in [4.78, 5) is -0.162. The summed E-state index contributed by atoms with van der Waals surface area (Å²) in [6.45, 7) is -0.0454. The van der Waals surface area contributed by atoms with E-state index in [1.165, 1.54) is 29.8 Å². The zero-order valence-electron chi connectivity index (χ0n) is 17.7. The number of halogens is 1. The number of sulfonamides is 1. The molecule has 0 aliphatic rings. The van der Waals surface area contributed by atoms with Crippen molar-refractivity contribution in [2.45, 2.75) is 4.90 Å². The predicted molar refractivity (Wildman–Crippen MR) is 116 cm³/mol. The summed E-state index contributed by atoms with van der Waals surface area (Å²) in [6, 6.07) is 13.3. The van der Waals surface area contributed by atoms with E-state index in [1.807, 2.05) is 0 Å². The van der Waals surface area contributed by atoms with Crippen molar-refractivity contribution in [1.82, 2.24) is 24.5 Å². The molecular formula is C21H20FN5O5S. The molecule has 0 aliphatic heterocycles. The molecule has 0 saturated carbocycles. The van der Waals surface area contributed by atoms with Gasteiger partial charge in [-0.2, -0.15) is 4.52 Å². The van der Waals surface area contributed by atoms with Crippen molar-refractivity contribution in [2.75, 3.05) is 27.4 Å². The minimum atomic E-state index is -3.86. The molecule has 0 aliphatic carbocycles. The summed E-state index contributed by atoms with van der Waals surface area (Å²) in [5, 5.41) is 12.7. The molecule has 172 valence electrons. The summed E-state index contributed by atoms with van der Waals surface area (Å²) in [7, 11) is -0.763. The lowest BCUT2D eigenvalue weighted by atomic mass is 10.2. The van der Waals surface area contributed by atoms with Crippen LogP contribution >= 0.6 is 0 Å². The maximum atomic E-state index is 13.3. The van der Waals surface area contributed by atoms with E-state index >= 15 is 0 Å². The molecule has 2 aromatic heterocycles. The normalized spacial score (nSPS) is 11.5. The van der Waals surface area contributed by atoms with Crippen LogP contribution in [0.1, 0.15) is 0 Å². The van der Waals surface area contributed by atoms with E-state index in [9.17, 15) is 12.8 Å². The zero-order valence-corrected chi connectivity index (χ0v) is 18.5. The average molecular weight is 473 g/mol.